The van der Waals surface area contributed by atoms with Crippen molar-refractivity contribution in [2.24, 2.45) is 0 Å². The molecule has 4 rings (SSSR count). The van der Waals surface area contributed by atoms with Crippen LogP contribution in [0.1, 0.15) is 12.0 Å². The second-order valence-corrected chi connectivity index (χ2v) is 5.98. The first-order chi connectivity index (χ1) is 12.7. The third-order valence-electron chi connectivity index (χ3n) is 4.20. The van der Waals surface area contributed by atoms with Crippen molar-refractivity contribution in [2.75, 3.05) is 18.5 Å². The van der Waals surface area contributed by atoms with E-state index in [2.05, 4.69) is 10.3 Å². The van der Waals surface area contributed by atoms with Crippen molar-refractivity contribution in [3.8, 4) is 11.5 Å². The third-order valence-corrected chi connectivity index (χ3v) is 4.20. The van der Waals surface area contributed by atoms with Gasteiger partial charge in [-0.05, 0) is 24.3 Å². The smallest absolute Gasteiger partial charge is 0.270 e. The maximum Gasteiger partial charge on any atom is 0.270 e. The van der Waals surface area contributed by atoms with Crippen molar-refractivity contribution < 1.29 is 14.4 Å². The molecule has 0 fully saturated rings. The van der Waals surface area contributed by atoms with Gasteiger partial charge in [0.05, 0.1) is 23.7 Å². The van der Waals surface area contributed by atoms with Crippen LogP contribution in [0.2, 0.25) is 0 Å². The summed E-state index contributed by atoms with van der Waals surface area (Å²) in [4.78, 5) is 15.0. The lowest BCUT2D eigenvalue weighted by Gasteiger charge is -2.13. The number of nitrogens with one attached hydrogen (secondary N) is 1. The average Bonchev–Trinajstić information content (AvgIpc) is 2.91. The number of non-ortho nitro benzene ring substituents is 1. The number of hydrogen-bond donors (Lipinski definition) is 1. The van der Waals surface area contributed by atoms with Gasteiger partial charge < -0.3 is 14.8 Å². The SMILES string of the molecule is O=[N+]([O-])c1ccc2nc(NCc3cccc4c3OCCCO4)ccc2c1. The Labute approximate surface area is 149 Å². The fraction of sp³-hybridized carbons (Fsp3) is 0.211. The summed E-state index contributed by atoms with van der Waals surface area (Å²) in [7, 11) is 0. The first-order valence-electron chi connectivity index (χ1n) is 8.37. The number of rotatable bonds is 4. The molecule has 0 saturated carbocycles. The highest BCUT2D eigenvalue weighted by molar-refractivity contribution is 5.82. The minimum absolute atomic E-state index is 0.0594. The Morgan fingerprint density at radius 2 is 2.00 bits per heavy atom. The summed E-state index contributed by atoms with van der Waals surface area (Å²) in [5.74, 6) is 2.23. The van der Waals surface area contributed by atoms with Crippen molar-refractivity contribution in [1.29, 1.82) is 0 Å². The molecular weight excluding hydrogens is 334 g/mol. The van der Waals surface area contributed by atoms with E-state index in [9.17, 15) is 10.1 Å². The summed E-state index contributed by atoms with van der Waals surface area (Å²) in [5.41, 5.74) is 1.76. The van der Waals surface area contributed by atoms with Gasteiger partial charge in [0.15, 0.2) is 11.5 Å². The Kier molecular flexibility index (Phi) is 4.27. The monoisotopic (exact) mass is 351 g/mol. The quantitative estimate of drug-likeness (QED) is 0.566. The van der Waals surface area contributed by atoms with Gasteiger partial charge in [0.25, 0.3) is 5.69 Å². The predicted molar refractivity (Wildman–Crippen MR) is 97.8 cm³/mol. The van der Waals surface area contributed by atoms with Gasteiger partial charge in [0, 0.05) is 36.0 Å². The zero-order chi connectivity index (χ0) is 17.9. The van der Waals surface area contributed by atoms with Crippen LogP contribution in [0.3, 0.4) is 0 Å². The number of nitrogens with zero attached hydrogens (tertiary/aromatic N) is 2. The van der Waals surface area contributed by atoms with E-state index in [1.807, 2.05) is 30.3 Å². The molecule has 0 bridgehead atoms. The van der Waals surface area contributed by atoms with Crippen LogP contribution in [0.5, 0.6) is 11.5 Å². The first kappa shape index (κ1) is 16.1. The largest absolute Gasteiger partial charge is 0.490 e. The molecular formula is C19H17N3O4. The van der Waals surface area contributed by atoms with E-state index in [1.54, 1.807) is 6.07 Å². The van der Waals surface area contributed by atoms with Gasteiger partial charge in [-0.1, -0.05) is 12.1 Å². The number of aromatic nitrogens is 1. The fourth-order valence-electron chi connectivity index (χ4n) is 2.90. The summed E-state index contributed by atoms with van der Waals surface area (Å²) in [6.45, 7) is 1.83. The normalized spacial score (nSPS) is 13.2. The van der Waals surface area contributed by atoms with Crippen LogP contribution >= 0.6 is 0 Å². The van der Waals surface area contributed by atoms with Crippen LogP contribution < -0.4 is 14.8 Å². The van der Waals surface area contributed by atoms with E-state index in [-0.39, 0.29) is 5.69 Å². The molecule has 0 spiro atoms. The number of anilines is 1. The molecule has 1 aliphatic rings. The van der Waals surface area contributed by atoms with E-state index < -0.39 is 4.92 Å². The van der Waals surface area contributed by atoms with Gasteiger partial charge in [-0.2, -0.15) is 0 Å². The predicted octanol–water partition coefficient (Wildman–Crippen LogP) is 3.92. The minimum Gasteiger partial charge on any atom is -0.490 e. The zero-order valence-electron chi connectivity index (χ0n) is 14.0. The molecule has 0 saturated heterocycles. The summed E-state index contributed by atoms with van der Waals surface area (Å²) < 4.78 is 11.5. The first-order valence-corrected chi connectivity index (χ1v) is 8.37. The number of pyridine rings is 1. The van der Waals surface area contributed by atoms with Crippen LogP contribution in [0, 0.1) is 10.1 Å². The number of benzene rings is 2. The summed E-state index contributed by atoms with van der Waals surface area (Å²) in [5, 5.41) is 14.9. The van der Waals surface area contributed by atoms with Crippen molar-refractivity contribution in [1.82, 2.24) is 4.98 Å². The Hall–Kier alpha value is -3.35. The molecule has 0 radical (unpaired) electrons. The Morgan fingerprint density at radius 3 is 2.88 bits per heavy atom. The van der Waals surface area contributed by atoms with Crippen LogP contribution in [0.25, 0.3) is 10.9 Å². The Morgan fingerprint density at radius 1 is 1.12 bits per heavy atom. The fourth-order valence-corrected chi connectivity index (χ4v) is 2.90. The number of nitro benzene ring substituents is 1. The Bertz CT molecular complexity index is 974. The number of fused-ring (bicyclic) bond motifs is 2. The van der Waals surface area contributed by atoms with Gasteiger partial charge in [0.2, 0.25) is 0 Å². The topological polar surface area (TPSA) is 86.5 Å². The minimum atomic E-state index is -0.408. The molecule has 0 aliphatic carbocycles. The maximum absolute atomic E-state index is 10.9. The molecule has 26 heavy (non-hydrogen) atoms. The number of hydrogen-bond acceptors (Lipinski definition) is 6. The van der Waals surface area contributed by atoms with Crippen LogP contribution in [0.15, 0.2) is 48.5 Å². The molecule has 1 N–H and O–H groups in total. The number of para-hydroxylation sites is 1. The molecule has 3 aromatic rings. The standard InChI is InChI=1S/C19H17N3O4/c23-22(24)15-6-7-16-13(11-15)5-8-18(21-16)20-12-14-3-1-4-17-19(14)26-10-2-9-25-17/h1,3-8,11H,2,9-10,12H2,(H,20,21). The number of ether oxygens (including phenoxy) is 2. The average molecular weight is 351 g/mol. The van der Waals surface area contributed by atoms with Crippen LogP contribution in [-0.2, 0) is 6.54 Å². The molecule has 2 aromatic carbocycles. The van der Waals surface area contributed by atoms with Crippen LogP contribution in [0.4, 0.5) is 11.5 Å². The highest BCUT2D eigenvalue weighted by atomic mass is 16.6. The second-order valence-electron chi connectivity index (χ2n) is 5.98. The lowest BCUT2D eigenvalue weighted by molar-refractivity contribution is -0.384. The summed E-state index contributed by atoms with van der Waals surface area (Å²) >= 11 is 0. The van der Waals surface area contributed by atoms with E-state index in [1.165, 1.54) is 12.1 Å². The lowest BCUT2D eigenvalue weighted by Crippen LogP contribution is -2.04. The van der Waals surface area contributed by atoms with Gasteiger partial charge in [-0.15, -0.1) is 0 Å². The molecule has 1 aromatic heterocycles. The highest BCUT2D eigenvalue weighted by Gasteiger charge is 2.14. The molecule has 1 aliphatic heterocycles. The maximum atomic E-state index is 10.9. The molecule has 7 heteroatoms. The zero-order valence-corrected chi connectivity index (χ0v) is 14.0. The molecule has 7 nitrogen and oxygen atoms in total. The summed E-state index contributed by atoms with van der Waals surface area (Å²) in [6, 6.07) is 14.1. The third kappa shape index (κ3) is 3.23. The van der Waals surface area contributed by atoms with Crippen molar-refractivity contribution in [3.05, 3.63) is 64.2 Å². The molecule has 132 valence electrons. The van der Waals surface area contributed by atoms with Gasteiger partial charge in [0.1, 0.15) is 5.82 Å². The molecule has 2 heterocycles. The molecule has 0 amide bonds. The second kappa shape index (κ2) is 6.87. The van der Waals surface area contributed by atoms with Gasteiger partial charge in [-0.3, -0.25) is 10.1 Å². The van der Waals surface area contributed by atoms with Crippen molar-refractivity contribution >= 4 is 22.4 Å². The van der Waals surface area contributed by atoms with Gasteiger partial charge in [-0.25, -0.2) is 4.98 Å². The van der Waals surface area contributed by atoms with E-state index in [0.717, 1.165) is 28.9 Å². The lowest BCUT2D eigenvalue weighted by atomic mass is 10.1. The summed E-state index contributed by atoms with van der Waals surface area (Å²) in [6.07, 6.45) is 0.861. The molecule has 0 unspecified atom stereocenters. The van der Waals surface area contributed by atoms with E-state index >= 15 is 0 Å². The van der Waals surface area contributed by atoms with E-state index in [0.29, 0.717) is 31.1 Å². The van der Waals surface area contributed by atoms with Crippen molar-refractivity contribution in [3.63, 3.8) is 0 Å². The number of nitro groups is 1. The molecule has 0 atom stereocenters. The van der Waals surface area contributed by atoms with Crippen LogP contribution in [-0.4, -0.2) is 23.1 Å². The Balaban J connectivity index is 1.55. The highest BCUT2D eigenvalue weighted by Crippen LogP contribution is 2.33. The van der Waals surface area contributed by atoms with Gasteiger partial charge >= 0.3 is 0 Å². The van der Waals surface area contributed by atoms with Crippen molar-refractivity contribution in [2.45, 2.75) is 13.0 Å². The van der Waals surface area contributed by atoms with E-state index in [4.69, 9.17) is 9.47 Å².